The van der Waals surface area contributed by atoms with E-state index < -0.39 is 0 Å². The number of nitrogens with one attached hydrogen (secondary N) is 1. The van der Waals surface area contributed by atoms with E-state index in [1.807, 2.05) is 29.6 Å². The Kier molecular flexibility index (Phi) is 5.70. The van der Waals surface area contributed by atoms with Gasteiger partial charge in [0, 0.05) is 29.2 Å². The number of aromatic nitrogens is 1. The van der Waals surface area contributed by atoms with Crippen molar-refractivity contribution >= 4 is 22.9 Å². The first-order valence-corrected chi connectivity index (χ1v) is 7.67. The molecule has 0 aliphatic rings. The van der Waals surface area contributed by atoms with E-state index in [9.17, 15) is 4.79 Å². The molecule has 0 bridgehead atoms. The highest BCUT2D eigenvalue weighted by molar-refractivity contribution is 7.13. The maximum atomic E-state index is 11.8. The number of unbranched alkanes of at least 4 members (excludes halogenated alkanes) is 2. The van der Waals surface area contributed by atoms with E-state index in [1.165, 1.54) is 0 Å². The van der Waals surface area contributed by atoms with Crippen LogP contribution in [-0.4, -0.2) is 17.4 Å². The van der Waals surface area contributed by atoms with Crippen LogP contribution in [-0.2, 0) is 4.79 Å². The zero-order valence-electron chi connectivity index (χ0n) is 11.3. The van der Waals surface area contributed by atoms with E-state index in [-0.39, 0.29) is 5.91 Å². The van der Waals surface area contributed by atoms with Crippen LogP contribution < -0.4 is 11.1 Å². The van der Waals surface area contributed by atoms with E-state index >= 15 is 0 Å². The maximum Gasteiger partial charge on any atom is 0.224 e. The lowest BCUT2D eigenvalue weighted by atomic mass is 10.1. The Labute approximate surface area is 123 Å². The number of nitrogens with zero attached hydrogens (tertiary/aromatic N) is 1. The average molecular weight is 289 g/mol. The summed E-state index contributed by atoms with van der Waals surface area (Å²) in [6.07, 6.45) is 5.19. The molecular weight excluding hydrogens is 270 g/mol. The minimum absolute atomic E-state index is 0.0540. The second-order valence-electron chi connectivity index (χ2n) is 4.57. The number of benzene rings is 1. The minimum atomic E-state index is 0.0540. The van der Waals surface area contributed by atoms with Crippen molar-refractivity contribution in [3.05, 3.63) is 35.8 Å². The van der Waals surface area contributed by atoms with E-state index in [2.05, 4.69) is 10.3 Å². The van der Waals surface area contributed by atoms with Crippen molar-refractivity contribution in [2.45, 2.75) is 25.7 Å². The van der Waals surface area contributed by atoms with Gasteiger partial charge in [-0.25, -0.2) is 4.98 Å². The molecule has 4 nitrogen and oxygen atoms in total. The highest BCUT2D eigenvalue weighted by atomic mass is 32.1. The molecule has 2 aromatic rings. The van der Waals surface area contributed by atoms with Gasteiger partial charge in [0.15, 0.2) is 0 Å². The van der Waals surface area contributed by atoms with E-state index in [1.54, 1.807) is 17.5 Å². The summed E-state index contributed by atoms with van der Waals surface area (Å²) in [5, 5.41) is 5.83. The molecule has 1 amide bonds. The van der Waals surface area contributed by atoms with Crippen molar-refractivity contribution in [2.24, 2.45) is 5.73 Å². The molecule has 0 saturated carbocycles. The Balaban J connectivity index is 1.90. The summed E-state index contributed by atoms with van der Waals surface area (Å²) in [5.74, 6) is 0.0540. The molecule has 0 fully saturated rings. The molecule has 1 heterocycles. The van der Waals surface area contributed by atoms with Crippen molar-refractivity contribution in [3.8, 4) is 10.6 Å². The number of hydrogen-bond acceptors (Lipinski definition) is 4. The standard InChI is InChI=1S/C15H19N3OS/c16-8-3-1-2-7-14(19)18-13-6-4-5-12(11-13)15-17-9-10-20-15/h4-6,9-11H,1-3,7-8,16H2,(H,18,19). The lowest BCUT2D eigenvalue weighted by Crippen LogP contribution is -2.11. The van der Waals surface area contributed by atoms with Gasteiger partial charge in [0.05, 0.1) is 0 Å². The molecule has 20 heavy (non-hydrogen) atoms. The normalized spacial score (nSPS) is 10.4. The average Bonchev–Trinajstić information content (AvgIpc) is 2.98. The molecular formula is C15H19N3OS. The van der Waals surface area contributed by atoms with E-state index in [0.717, 1.165) is 35.5 Å². The Morgan fingerprint density at radius 1 is 1.30 bits per heavy atom. The fraction of sp³-hybridized carbons (Fsp3) is 0.333. The van der Waals surface area contributed by atoms with Crippen LogP contribution in [0.3, 0.4) is 0 Å². The van der Waals surface area contributed by atoms with Gasteiger partial charge < -0.3 is 11.1 Å². The number of anilines is 1. The molecule has 0 saturated heterocycles. The fourth-order valence-corrected chi connectivity index (χ4v) is 2.56. The Morgan fingerprint density at radius 3 is 2.95 bits per heavy atom. The van der Waals surface area contributed by atoms with Gasteiger partial charge in [0.1, 0.15) is 5.01 Å². The van der Waals surface area contributed by atoms with Crippen molar-refractivity contribution < 1.29 is 4.79 Å². The number of rotatable bonds is 7. The Morgan fingerprint density at radius 2 is 2.20 bits per heavy atom. The van der Waals surface area contributed by atoms with Crippen LogP contribution in [0.15, 0.2) is 35.8 Å². The zero-order valence-corrected chi connectivity index (χ0v) is 12.2. The molecule has 106 valence electrons. The number of amides is 1. The summed E-state index contributed by atoms with van der Waals surface area (Å²) in [6, 6.07) is 7.78. The fourth-order valence-electron chi connectivity index (χ4n) is 1.93. The molecule has 0 spiro atoms. The first-order chi connectivity index (χ1) is 9.79. The second kappa shape index (κ2) is 7.77. The smallest absolute Gasteiger partial charge is 0.224 e. The van der Waals surface area contributed by atoms with Crippen LogP contribution in [0.4, 0.5) is 5.69 Å². The van der Waals surface area contributed by atoms with Crippen molar-refractivity contribution in [1.29, 1.82) is 0 Å². The van der Waals surface area contributed by atoms with Gasteiger partial charge in [-0.05, 0) is 31.5 Å². The van der Waals surface area contributed by atoms with Crippen molar-refractivity contribution in [1.82, 2.24) is 4.98 Å². The van der Waals surface area contributed by atoms with Crippen LogP contribution in [0.25, 0.3) is 10.6 Å². The molecule has 0 aliphatic carbocycles. The monoisotopic (exact) mass is 289 g/mol. The predicted octanol–water partition coefficient (Wildman–Crippen LogP) is 3.27. The lowest BCUT2D eigenvalue weighted by Gasteiger charge is -2.06. The van der Waals surface area contributed by atoms with Gasteiger partial charge in [-0.2, -0.15) is 0 Å². The van der Waals surface area contributed by atoms with Gasteiger partial charge in [-0.3, -0.25) is 4.79 Å². The van der Waals surface area contributed by atoms with Crippen LogP contribution in [0.2, 0.25) is 0 Å². The molecule has 2 rings (SSSR count). The second-order valence-corrected chi connectivity index (χ2v) is 5.46. The summed E-state index contributed by atoms with van der Waals surface area (Å²) in [6.45, 7) is 0.692. The number of carbonyl (C=O) groups excluding carboxylic acids is 1. The van der Waals surface area contributed by atoms with Crippen molar-refractivity contribution in [2.75, 3.05) is 11.9 Å². The summed E-state index contributed by atoms with van der Waals surface area (Å²) in [7, 11) is 0. The Hall–Kier alpha value is -1.72. The van der Waals surface area contributed by atoms with Crippen LogP contribution in [0.5, 0.6) is 0 Å². The first kappa shape index (κ1) is 14.7. The predicted molar refractivity (Wildman–Crippen MR) is 83.7 cm³/mol. The highest BCUT2D eigenvalue weighted by Crippen LogP contribution is 2.24. The van der Waals surface area contributed by atoms with Crippen molar-refractivity contribution in [3.63, 3.8) is 0 Å². The molecule has 5 heteroatoms. The quantitative estimate of drug-likeness (QED) is 0.769. The molecule has 0 aliphatic heterocycles. The van der Waals surface area contributed by atoms with Gasteiger partial charge >= 0.3 is 0 Å². The third-order valence-electron chi connectivity index (χ3n) is 2.93. The van der Waals surface area contributed by atoms with E-state index in [0.29, 0.717) is 13.0 Å². The molecule has 1 aromatic carbocycles. The van der Waals surface area contributed by atoms with Crippen LogP contribution in [0.1, 0.15) is 25.7 Å². The summed E-state index contributed by atoms with van der Waals surface area (Å²) in [4.78, 5) is 16.1. The number of hydrogen-bond donors (Lipinski definition) is 2. The highest BCUT2D eigenvalue weighted by Gasteiger charge is 2.05. The summed E-state index contributed by atoms with van der Waals surface area (Å²) < 4.78 is 0. The van der Waals surface area contributed by atoms with Gasteiger partial charge in [0.2, 0.25) is 5.91 Å². The molecule has 1 aromatic heterocycles. The van der Waals surface area contributed by atoms with Gasteiger partial charge in [0.25, 0.3) is 0 Å². The summed E-state index contributed by atoms with van der Waals surface area (Å²) >= 11 is 1.59. The minimum Gasteiger partial charge on any atom is -0.330 e. The molecule has 0 radical (unpaired) electrons. The lowest BCUT2D eigenvalue weighted by molar-refractivity contribution is -0.116. The first-order valence-electron chi connectivity index (χ1n) is 6.79. The third-order valence-corrected chi connectivity index (χ3v) is 3.76. The largest absolute Gasteiger partial charge is 0.330 e. The summed E-state index contributed by atoms with van der Waals surface area (Å²) in [5.41, 5.74) is 7.28. The van der Waals surface area contributed by atoms with Crippen LogP contribution in [0, 0.1) is 0 Å². The number of carbonyl (C=O) groups is 1. The van der Waals surface area contributed by atoms with Crippen LogP contribution >= 0.6 is 11.3 Å². The number of nitrogens with two attached hydrogens (primary N) is 1. The van der Waals surface area contributed by atoms with Gasteiger partial charge in [-0.1, -0.05) is 18.6 Å². The Bertz CT molecular complexity index is 540. The number of thiazole rings is 1. The maximum absolute atomic E-state index is 11.8. The molecule has 3 N–H and O–H groups in total. The topological polar surface area (TPSA) is 68.0 Å². The zero-order chi connectivity index (χ0) is 14.2. The molecule has 0 atom stereocenters. The van der Waals surface area contributed by atoms with Gasteiger partial charge in [-0.15, -0.1) is 11.3 Å². The SMILES string of the molecule is NCCCCCC(=O)Nc1cccc(-c2nccs2)c1. The van der Waals surface area contributed by atoms with E-state index in [4.69, 9.17) is 5.73 Å². The third kappa shape index (κ3) is 4.43. The molecule has 0 unspecified atom stereocenters.